The number of anilines is 1. The van der Waals surface area contributed by atoms with E-state index in [0.29, 0.717) is 15.8 Å². The van der Waals surface area contributed by atoms with Gasteiger partial charge in [-0.05, 0) is 49.6 Å². The second-order valence-corrected chi connectivity index (χ2v) is 7.44. The van der Waals surface area contributed by atoms with E-state index in [1.807, 2.05) is 12.1 Å². The first kappa shape index (κ1) is 19.0. The van der Waals surface area contributed by atoms with E-state index in [0.717, 1.165) is 12.2 Å². The van der Waals surface area contributed by atoms with Crippen molar-refractivity contribution >= 4 is 34.8 Å². The summed E-state index contributed by atoms with van der Waals surface area (Å²) in [5.41, 5.74) is 2.06. The molecule has 0 radical (unpaired) electrons. The van der Waals surface area contributed by atoms with E-state index in [4.69, 9.17) is 27.9 Å². The maximum atomic E-state index is 12.1. The number of carbonyl (C=O) groups is 1. The van der Waals surface area contributed by atoms with Gasteiger partial charge in [-0.1, -0.05) is 35.3 Å². The topological polar surface area (TPSA) is 42.8 Å². The summed E-state index contributed by atoms with van der Waals surface area (Å²) < 4.78 is 5.44. The number of benzene rings is 2. The molecule has 1 fully saturated rings. The van der Waals surface area contributed by atoms with Crippen molar-refractivity contribution in [1.82, 2.24) is 0 Å². The molecule has 4 nitrogen and oxygen atoms in total. The standard InChI is InChI=1S/C20H22Cl2N2O2/c21-16-6-9-19(18(22)12-16)26-14-20(25)23-17-7-4-15(5-8-17)13-24-10-2-1-3-11-24/h4-9,12H,1-3,10-11,13-14H2,(H,23,25)/p+1. The zero-order valence-corrected chi connectivity index (χ0v) is 16.1. The molecule has 0 unspecified atom stereocenters. The zero-order chi connectivity index (χ0) is 18.4. The predicted molar refractivity (Wildman–Crippen MR) is 105 cm³/mol. The fourth-order valence-electron chi connectivity index (χ4n) is 3.16. The highest BCUT2D eigenvalue weighted by Crippen LogP contribution is 2.27. The van der Waals surface area contributed by atoms with Crippen LogP contribution >= 0.6 is 23.2 Å². The number of amides is 1. The number of ether oxygens (including phenoxy) is 1. The van der Waals surface area contributed by atoms with Crippen LogP contribution in [0.15, 0.2) is 42.5 Å². The van der Waals surface area contributed by atoms with Crippen molar-refractivity contribution < 1.29 is 14.4 Å². The number of nitrogens with one attached hydrogen (secondary N) is 2. The lowest BCUT2D eigenvalue weighted by Crippen LogP contribution is -3.11. The number of hydrogen-bond acceptors (Lipinski definition) is 2. The Morgan fingerprint density at radius 2 is 1.77 bits per heavy atom. The number of rotatable bonds is 6. The van der Waals surface area contributed by atoms with E-state index in [1.165, 1.54) is 37.9 Å². The van der Waals surface area contributed by atoms with Crippen LogP contribution in [0.2, 0.25) is 10.0 Å². The van der Waals surface area contributed by atoms with Crippen molar-refractivity contribution in [3.05, 3.63) is 58.1 Å². The van der Waals surface area contributed by atoms with Gasteiger partial charge in [0.2, 0.25) is 0 Å². The van der Waals surface area contributed by atoms with Crippen molar-refractivity contribution in [3.63, 3.8) is 0 Å². The molecule has 26 heavy (non-hydrogen) atoms. The van der Waals surface area contributed by atoms with Crippen molar-refractivity contribution in [2.24, 2.45) is 0 Å². The minimum absolute atomic E-state index is 0.110. The highest BCUT2D eigenvalue weighted by Gasteiger charge is 2.14. The van der Waals surface area contributed by atoms with Crippen LogP contribution in [0.25, 0.3) is 0 Å². The number of piperidine rings is 1. The first-order valence-corrected chi connectivity index (χ1v) is 9.66. The van der Waals surface area contributed by atoms with Gasteiger partial charge >= 0.3 is 0 Å². The summed E-state index contributed by atoms with van der Waals surface area (Å²) in [6.45, 7) is 3.44. The molecule has 1 heterocycles. The Morgan fingerprint density at radius 3 is 2.46 bits per heavy atom. The molecule has 1 amide bonds. The summed E-state index contributed by atoms with van der Waals surface area (Å²) >= 11 is 11.9. The van der Waals surface area contributed by atoms with Gasteiger partial charge in [0.15, 0.2) is 6.61 Å². The highest BCUT2D eigenvalue weighted by molar-refractivity contribution is 6.35. The summed E-state index contributed by atoms with van der Waals surface area (Å²) in [5.74, 6) is 0.205. The maximum Gasteiger partial charge on any atom is 0.262 e. The minimum atomic E-state index is -0.231. The maximum absolute atomic E-state index is 12.1. The Kier molecular flexibility index (Phi) is 6.78. The van der Waals surface area contributed by atoms with Gasteiger partial charge < -0.3 is 15.0 Å². The van der Waals surface area contributed by atoms with Gasteiger partial charge in [0.1, 0.15) is 12.3 Å². The third-order valence-corrected chi connectivity index (χ3v) is 5.04. The van der Waals surface area contributed by atoms with Gasteiger partial charge in [0.05, 0.1) is 18.1 Å². The van der Waals surface area contributed by atoms with Gasteiger partial charge in [-0.25, -0.2) is 0 Å². The van der Waals surface area contributed by atoms with E-state index in [2.05, 4.69) is 17.4 Å². The molecule has 0 aromatic heterocycles. The lowest BCUT2D eigenvalue weighted by atomic mass is 10.1. The fraction of sp³-hybridized carbons (Fsp3) is 0.350. The van der Waals surface area contributed by atoms with E-state index in [1.54, 1.807) is 23.1 Å². The van der Waals surface area contributed by atoms with Crippen LogP contribution in [-0.4, -0.2) is 25.6 Å². The lowest BCUT2D eigenvalue weighted by Gasteiger charge is -2.23. The van der Waals surface area contributed by atoms with Crippen molar-refractivity contribution in [3.8, 4) is 5.75 Å². The third kappa shape index (κ3) is 5.63. The zero-order valence-electron chi connectivity index (χ0n) is 14.6. The Morgan fingerprint density at radius 1 is 1.04 bits per heavy atom. The Labute approximate surface area is 164 Å². The monoisotopic (exact) mass is 393 g/mol. The smallest absolute Gasteiger partial charge is 0.262 e. The summed E-state index contributed by atoms with van der Waals surface area (Å²) in [4.78, 5) is 13.7. The Hall–Kier alpha value is -1.75. The minimum Gasteiger partial charge on any atom is -0.482 e. The average Bonchev–Trinajstić information content (AvgIpc) is 2.63. The lowest BCUT2D eigenvalue weighted by molar-refractivity contribution is -0.918. The summed E-state index contributed by atoms with van der Waals surface area (Å²) in [6, 6.07) is 12.9. The van der Waals surface area contributed by atoms with Crippen LogP contribution in [0, 0.1) is 0 Å². The summed E-state index contributed by atoms with van der Waals surface area (Å²) in [6.07, 6.45) is 4.00. The normalized spacial score (nSPS) is 14.8. The van der Waals surface area contributed by atoms with E-state index in [9.17, 15) is 4.79 Å². The fourth-order valence-corrected chi connectivity index (χ4v) is 3.62. The molecule has 0 atom stereocenters. The molecular formula is C20H23Cl2N2O2+. The van der Waals surface area contributed by atoms with Crippen molar-refractivity contribution in [2.75, 3.05) is 25.0 Å². The summed E-state index contributed by atoms with van der Waals surface area (Å²) in [5, 5.41) is 3.74. The van der Waals surface area contributed by atoms with E-state index in [-0.39, 0.29) is 12.5 Å². The molecule has 2 aromatic rings. The molecule has 138 valence electrons. The number of halogens is 2. The molecule has 2 aromatic carbocycles. The SMILES string of the molecule is O=C(COc1ccc(Cl)cc1Cl)Nc1ccc(C[NH+]2CCCCC2)cc1. The number of quaternary nitrogens is 1. The van der Waals surface area contributed by atoms with Gasteiger partial charge in [0, 0.05) is 16.3 Å². The van der Waals surface area contributed by atoms with E-state index < -0.39 is 0 Å². The molecule has 0 saturated carbocycles. The van der Waals surface area contributed by atoms with Crippen molar-refractivity contribution in [1.29, 1.82) is 0 Å². The first-order chi connectivity index (χ1) is 12.6. The van der Waals surface area contributed by atoms with Crippen LogP contribution < -0.4 is 15.0 Å². The molecule has 0 aliphatic carbocycles. The number of hydrogen-bond donors (Lipinski definition) is 2. The van der Waals surface area contributed by atoms with Gasteiger partial charge in [-0.3, -0.25) is 4.79 Å². The molecule has 6 heteroatoms. The second-order valence-electron chi connectivity index (χ2n) is 6.60. The van der Waals surface area contributed by atoms with Gasteiger partial charge in [-0.2, -0.15) is 0 Å². The van der Waals surface area contributed by atoms with Gasteiger partial charge in [-0.15, -0.1) is 0 Å². The number of likely N-dealkylation sites (tertiary alicyclic amines) is 1. The largest absolute Gasteiger partial charge is 0.482 e. The Bertz CT molecular complexity index is 744. The molecule has 0 spiro atoms. The molecule has 2 N–H and O–H groups in total. The number of carbonyl (C=O) groups excluding carboxylic acids is 1. The molecular weight excluding hydrogens is 371 g/mol. The van der Waals surface area contributed by atoms with Crippen LogP contribution in [0.3, 0.4) is 0 Å². The quantitative estimate of drug-likeness (QED) is 0.787. The van der Waals surface area contributed by atoms with Crippen LogP contribution in [0.1, 0.15) is 24.8 Å². The van der Waals surface area contributed by atoms with Crippen LogP contribution in [0.4, 0.5) is 5.69 Å². The predicted octanol–water partition coefficient (Wildman–Crippen LogP) is 3.58. The molecule has 1 aliphatic rings. The first-order valence-electron chi connectivity index (χ1n) is 8.90. The van der Waals surface area contributed by atoms with Gasteiger partial charge in [0.25, 0.3) is 5.91 Å². The molecule has 1 saturated heterocycles. The Balaban J connectivity index is 1.47. The molecule has 0 bridgehead atoms. The van der Waals surface area contributed by atoms with Crippen molar-refractivity contribution in [2.45, 2.75) is 25.8 Å². The average molecular weight is 394 g/mol. The van der Waals surface area contributed by atoms with Crippen LogP contribution in [-0.2, 0) is 11.3 Å². The molecule has 1 aliphatic heterocycles. The third-order valence-electron chi connectivity index (χ3n) is 4.51. The second kappa shape index (κ2) is 9.26. The van der Waals surface area contributed by atoms with E-state index >= 15 is 0 Å². The molecule has 3 rings (SSSR count). The summed E-state index contributed by atoms with van der Waals surface area (Å²) in [7, 11) is 0. The highest BCUT2D eigenvalue weighted by atomic mass is 35.5. The van der Waals surface area contributed by atoms with Crippen LogP contribution in [0.5, 0.6) is 5.75 Å².